The first-order chi connectivity index (χ1) is 5.63. The zero-order chi connectivity index (χ0) is 10.9. The highest BCUT2D eigenvalue weighted by Gasteiger charge is 2.35. The van der Waals surface area contributed by atoms with Gasteiger partial charge in [0, 0.05) is 11.3 Å². The van der Waals surface area contributed by atoms with Crippen molar-refractivity contribution in [2.24, 2.45) is 16.7 Å². The van der Waals surface area contributed by atoms with Crippen molar-refractivity contribution in [3.05, 3.63) is 0 Å². The van der Waals surface area contributed by atoms with Crippen LogP contribution in [0.25, 0.3) is 0 Å². The van der Waals surface area contributed by atoms with Crippen LogP contribution in [0.4, 0.5) is 0 Å². The van der Waals surface area contributed by atoms with Gasteiger partial charge < -0.3 is 0 Å². The molecular formula is C12H24O. The molecule has 0 aliphatic heterocycles. The summed E-state index contributed by atoms with van der Waals surface area (Å²) in [5.74, 6) is 0.532. The van der Waals surface area contributed by atoms with Crippen LogP contribution in [-0.2, 0) is 4.79 Å². The van der Waals surface area contributed by atoms with Gasteiger partial charge in [-0.1, -0.05) is 48.5 Å². The summed E-state index contributed by atoms with van der Waals surface area (Å²) >= 11 is 0. The third-order valence-electron chi connectivity index (χ3n) is 3.24. The van der Waals surface area contributed by atoms with Crippen molar-refractivity contribution < 1.29 is 4.79 Å². The van der Waals surface area contributed by atoms with Gasteiger partial charge in [-0.15, -0.1) is 0 Å². The normalized spacial score (nSPS) is 15.6. The SMILES string of the molecule is CCC(C)(C)C(=O)C(C)C(C)(C)C. The van der Waals surface area contributed by atoms with Gasteiger partial charge in [0.25, 0.3) is 0 Å². The van der Waals surface area contributed by atoms with Crippen molar-refractivity contribution in [1.29, 1.82) is 0 Å². The zero-order valence-electron chi connectivity index (χ0n) is 10.2. The lowest BCUT2D eigenvalue weighted by atomic mass is 9.70. The quantitative estimate of drug-likeness (QED) is 0.654. The predicted octanol–water partition coefficient (Wildman–Crippen LogP) is 3.67. The molecule has 0 saturated carbocycles. The van der Waals surface area contributed by atoms with Crippen molar-refractivity contribution >= 4 is 5.78 Å². The van der Waals surface area contributed by atoms with Crippen molar-refractivity contribution in [2.75, 3.05) is 0 Å². The summed E-state index contributed by atoms with van der Waals surface area (Å²) < 4.78 is 0. The van der Waals surface area contributed by atoms with Crippen LogP contribution in [0.5, 0.6) is 0 Å². The lowest BCUT2D eigenvalue weighted by Gasteiger charge is -2.32. The molecule has 0 bridgehead atoms. The first kappa shape index (κ1) is 12.7. The van der Waals surface area contributed by atoms with Crippen LogP contribution in [0, 0.1) is 16.7 Å². The van der Waals surface area contributed by atoms with Crippen LogP contribution in [0.1, 0.15) is 54.9 Å². The van der Waals surface area contributed by atoms with Crippen LogP contribution < -0.4 is 0 Å². The molecule has 0 radical (unpaired) electrons. The molecule has 0 aromatic rings. The second kappa shape index (κ2) is 3.81. The van der Waals surface area contributed by atoms with Gasteiger partial charge in [0.15, 0.2) is 0 Å². The Morgan fingerprint density at radius 1 is 1.15 bits per heavy atom. The summed E-state index contributed by atoms with van der Waals surface area (Å²) in [6.07, 6.45) is 0.923. The number of Topliss-reactive ketones (excluding diaryl/α,β-unsaturated/α-hetero) is 1. The van der Waals surface area contributed by atoms with E-state index in [1.54, 1.807) is 0 Å². The van der Waals surface area contributed by atoms with E-state index in [0.29, 0.717) is 5.78 Å². The molecule has 1 heteroatoms. The Morgan fingerprint density at radius 3 is 1.77 bits per heavy atom. The summed E-state index contributed by atoms with van der Waals surface area (Å²) in [5.41, 5.74) is -0.0732. The molecule has 0 saturated heterocycles. The molecule has 0 N–H and O–H groups in total. The lowest BCUT2D eigenvalue weighted by molar-refractivity contribution is -0.134. The summed E-state index contributed by atoms with van der Waals surface area (Å²) in [6.45, 7) is 14.6. The number of carbonyl (C=O) groups is 1. The minimum atomic E-state index is -0.160. The number of hydrogen-bond acceptors (Lipinski definition) is 1. The Labute approximate surface area is 82.9 Å². The molecule has 0 aliphatic rings. The molecule has 0 aromatic carbocycles. The van der Waals surface area contributed by atoms with E-state index < -0.39 is 0 Å². The highest BCUT2D eigenvalue weighted by molar-refractivity contribution is 5.86. The van der Waals surface area contributed by atoms with Crippen LogP contribution in [-0.4, -0.2) is 5.78 Å². The minimum absolute atomic E-state index is 0.0868. The maximum atomic E-state index is 12.0. The lowest BCUT2D eigenvalue weighted by Crippen LogP contribution is -2.35. The monoisotopic (exact) mass is 184 g/mol. The number of rotatable bonds is 3. The van der Waals surface area contributed by atoms with E-state index in [2.05, 4.69) is 27.7 Å². The first-order valence-corrected chi connectivity index (χ1v) is 5.17. The van der Waals surface area contributed by atoms with Crippen molar-refractivity contribution in [3.63, 3.8) is 0 Å². The maximum Gasteiger partial charge on any atom is 0.141 e. The fourth-order valence-corrected chi connectivity index (χ4v) is 1.15. The van der Waals surface area contributed by atoms with Gasteiger partial charge in [0.2, 0.25) is 0 Å². The number of carbonyl (C=O) groups excluding carboxylic acids is 1. The van der Waals surface area contributed by atoms with Crippen LogP contribution in [0.2, 0.25) is 0 Å². The van der Waals surface area contributed by atoms with Crippen molar-refractivity contribution in [3.8, 4) is 0 Å². The molecule has 1 atom stereocenters. The Balaban J connectivity index is 4.63. The topological polar surface area (TPSA) is 17.1 Å². The predicted molar refractivity (Wildman–Crippen MR) is 57.7 cm³/mol. The highest BCUT2D eigenvalue weighted by Crippen LogP contribution is 2.34. The molecule has 0 fully saturated rings. The standard InChI is InChI=1S/C12H24O/c1-8-12(6,7)10(13)9(2)11(3,4)5/h9H,8H2,1-7H3. The Morgan fingerprint density at radius 2 is 1.54 bits per heavy atom. The summed E-state index contributed by atoms with van der Waals surface area (Å²) in [4.78, 5) is 12.0. The van der Waals surface area contributed by atoms with Crippen molar-refractivity contribution in [1.82, 2.24) is 0 Å². The Kier molecular flexibility index (Phi) is 3.71. The molecule has 0 aromatic heterocycles. The molecule has 1 unspecified atom stereocenters. The molecular weight excluding hydrogens is 160 g/mol. The second-order valence-electron chi connectivity index (χ2n) is 5.69. The third kappa shape index (κ3) is 3.13. The minimum Gasteiger partial charge on any atom is -0.299 e. The third-order valence-corrected chi connectivity index (χ3v) is 3.24. The van der Waals surface area contributed by atoms with E-state index in [1.807, 2.05) is 20.8 Å². The smallest absolute Gasteiger partial charge is 0.141 e. The average Bonchev–Trinajstić information content (AvgIpc) is 2.00. The summed E-state index contributed by atoms with van der Waals surface area (Å²) in [6, 6.07) is 0. The van der Waals surface area contributed by atoms with Gasteiger partial charge in [-0.2, -0.15) is 0 Å². The molecule has 0 amide bonds. The molecule has 0 aliphatic carbocycles. The Bertz CT molecular complexity index is 184. The van der Waals surface area contributed by atoms with Gasteiger partial charge in [0.1, 0.15) is 5.78 Å². The highest BCUT2D eigenvalue weighted by atomic mass is 16.1. The molecule has 0 rings (SSSR count). The van der Waals surface area contributed by atoms with E-state index in [1.165, 1.54) is 0 Å². The summed E-state index contributed by atoms with van der Waals surface area (Å²) in [5, 5.41) is 0. The van der Waals surface area contributed by atoms with Crippen LogP contribution in [0.15, 0.2) is 0 Å². The summed E-state index contributed by atoms with van der Waals surface area (Å²) in [7, 11) is 0. The van der Waals surface area contributed by atoms with Crippen molar-refractivity contribution in [2.45, 2.75) is 54.9 Å². The van der Waals surface area contributed by atoms with Gasteiger partial charge in [-0.25, -0.2) is 0 Å². The largest absolute Gasteiger partial charge is 0.299 e. The van der Waals surface area contributed by atoms with Crippen LogP contribution >= 0.6 is 0 Å². The maximum absolute atomic E-state index is 12.0. The number of hydrogen-bond donors (Lipinski definition) is 0. The van der Waals surface area contributed by atoms with E-state index in [4.69, 9.17) is 0 Å². The van der Waals surface area contributed by atoms with Gasteiger partial charge >= 0.3 is 0 Å². The second-order valence-corrected chi connectivity index (χ2v) is 5.69. The molecule has 78 valence electrons. The molecule has 0 spiro atoms. The van der Waals surface area contributed by atoms with Crippen LogP contribution in [0.3, 0.4) is 0 Å². The average molecular weight is 184 g/mol. The van der Waals surface area contributed by atoms with E-state index in [-0.39, 0.29) is 16.7 Å². The van der Waals surface area contributed by atoms with E-state index >= 15 is 0 Å². The van der Waals surface area contributed by atoms with Gasteiger partial charge in [-0.05, 0) is 11.8 Å². The fourth-order valence-electron chi connectivity index (χ4n) is 1.15. The first-order valence-electron chi connectivity index (χ1n) is 5.17. The van der Waals surface area contributed by atoms with E-state index in [0.717, 1.165) is 6.42 Å². The number of ketones is 1. The fraction of sp³-hybridized carbons (Fsp3) is 0.917. The van der Waals surface area contributed by atoms with Gasteiger partial charge in [0.05, 0.1) is 0 Å². The zero-order valence-corrected chi connectivity index (χ0v) is 10.2. The van der Waals surface area contributed by atoms with Gasteiger partial charge in [-0.3, -0.25) is 4.79 Å². The van der Waals surface area contributed by atoms with E-state index in [9.17, 15) is 4.79 Å². The molecule has 0 heterocycles. The molecule has 1 nitrogen and oxygen atoms in total. The molecule has 13 heavy (non-hydrogen) atoms. The Hall–Kier alpha value is -0.330.